The van der Waals surface area contributed by atoms with Crippen molar-refractivity contribution in [3.8, 4) is 0 Å². The van der Waals surface area contributed by atoms with Gasteiger partial charge in [-0.25, -0.2) is 4.79 Å². The largest absolute Gasteiger partial charge is 0.397 e. The van der Waals surface area contributed by atoms with Gasteiger partial charge in [-0.3, -0.25) is 14.5 Å². The maximum absolute atomic E-state index is 11.9. The van der Waals surface area contributed by atoms with E-state index in [2.05, 4.69) is 5.32 Å². The summed E-state index contributed by atoms with van der Waals surface area (Å²) in [7, 11) is 1.51. The molecular formula is C13H16N4O3. The van der Waals surface area contributed by atoms with E-state index in [0.717, 1.165) is 10.5 Å². The van der Waals surface area contributed by atoms with E-state index in [-0.39, 0.29) is 19.0 Å². The van der Waals surface area contributed by atoms with Crippen molar-refractivity contribution >= 4 is 29.2 Å². The fourth-order valence-corrected chi connectivity index (χ4v) is 1.95. The summed E-state index contributed by atoms with van der Waals surface area (Å²) >= 11 is 0. The van der Waals surface area contributed by atoms with Gasteiger partial charge in [0.25, 0.3) is 5.91 Å². The molecule has 1 aliphatic heterocycles. The molecule has 20 heavy (non-hydrogen) atoms. The Balaban J connectivity index is 2.03. The Hall–Kier alpha value is -2.57. The van der Waals surface area contributed by atoms with Crippen molar-refractivity contribution in [1.29, 1.82) is 0 Å². The Labute approximate surface area is 116 Å². The smallest absolute Gasteiger partial charge is 0.327 e. The van der Waals surface area contributed by atoms with Crippen molar-refractivity contribution in [1.82, 2.24) is 9.80 Å². The molecule has 0 bridgehead atoms. The van der Waals surface area contributed by atoms with Crippen LogP contribution in [0.5, 0.6) is 0 Å². The van der Waals surface area contributed by atoms with Crippen molar-refractivity contribution in [3.05, 3.63) is 23.8 Å². The van der Waals surface area contributed by atoms with Crippen molar-refractivity contribution in [2.24, 2.45) is 0 Å². The predicted octanol–water partition coefficient (Wildman–Crippen LogP) is 0.410. The predicted molar refractivity (Wildman–Crippen MR) is 74.0 cm³/mol. The number of nitrogens with zero attached hydrogens (tertiary/aromatic N) is 2. The average Bonchev–Trinajstić information content (AvgIpc) is 2.60. The van der Waals surface area contributed by atoms with Gasteiger partial charge in [0.15, 0.2) is 0 Å². The Bertz CT molecular complexity index is 585. The summed E-state index contributed by atoms with van der Waals surface area (Å²) in [5.74, 6) is -0.845. The molecule has 0 spiro atoms. The van der Waals surface area contributed by atoms with Crippen LogP contribution in [0.25, 0.3) is 0 Å². The average molecular weight is 276 g/mol. The van der Waals surface area contributed by atoms with Gasteiger partial charge >= 0.3 is 6.03 Å². The first kappa shape index (κ1) is 13.9. The lowest BCUT2D eigenvalue weighted by molar-refractivity contribution is -0.129. The van der Waals surface area contributed by atoms with Gasteiger partial charge in [-0.05, 0) is 24.6 Å². The van der Waals surface area contributed by atoms with Crippen molar-refractivity contribution in [2.45, 2.75) is 6.92 Å². The lowest BCUT2D eigenvalue weighted by Crippen LogP contribution is -2.38. The van der Waals surface area contributed by atoms with Crippen molar-refractivity contribution in [2.75, 3.05) is 31.2 Å². The van der Waals surface area contributed by atoms with Crippen LogP contribution in [0.15, 0.2) is 18.2 Å². The van der Waals surface area contributed by atoms with Gasteiger partial charge in [0, 0.05) is 7.05 Å². The summed E-state index contributed by atoms with van der Waals surface area (Å²) in [6, 6.07) is 4.76. The molecule has 4 amide bonds. The van der Waals surface area contributed by atoms with Crippen molar-refractivity contribution in [3.63, 3.8) is 0 Å². The van der Waals surface area contributed by atoms with Gasteiger partial charge in [-0.1, -0.05) is 6.07 Å². The molecule has 1 aromatic rings. The third-order valence-corrected chi connectivity index (χ3v) is 3.01. The number of anilines is 2. The van der Waals surface area contributed by atoms with E-state index >= 15 is 0 Å². The molecule has 1 aromatic carbocycles. The van der Waals surface area contributed by atoms with E-state index in [1.165, 1.54) is 11.9 Å². The molecule has 1 heterocycles. The number of rotatable bonds is 3. The van der Waals surface area contributed by atoms with E-state index in [0.29, 0.717) is 11.4 Å². The minimum absolute atomic E-state index is 0.00121. The zero-order valence-corrected chi connectivity index (χ0v) is 11.3. The molecule has 0 unspecified atom stereocenters. The fraction of sp³-hybridized carbons (Fsp3) is 0.308. The molecule has 106 valence electrons. The number of amides is 4. The Kier molecular flexibility index (Phi) is 3.60. The highest BCUT2D eigenvalue weighted by Gasteiger charge is 2.34. The SMILES string of the molecule is Cc1ccc(NC(=O)CN2C(=O)CN(C)C2=O)c(N)c1. The quantitative estimate of drug-likeness (QED) is 0.617. The highest BCUT2D eigenvalue weighted by atomic mass is 16.2. The molecule has 0 atom stereocenters. The molecule has 7 nitrogen and oxygen atoms in total. The third-order valence-electron chi connectivity index (χ3n) is 3.01. The summed E-state index contributed by atoms with van der Waals surface area (Å²) in [6.45, 7) is 1.58. The van der Waals surface area contributed by atoms with Gasteiger partial charge in [0.1, 0.15) is 13.1 Å². The van der Waals surface area contributed by atoms with Crippen LogP contribution in [0.2, 0.25) is 0 Å². The van der Waals surface area contributed by atoms with Gasteiger partial charge < -0.3 is 16.0 Å². The lowest BCUT2D eigenvalue weighted by Gasteiger charge is -2.14. The van der Waals surface area contributed by atoms with Crippen LogP contribution in [-0.2, 0) is 9.59 Å². The lowest BCUT2D eigenvalue weighted by atomic mass is 10.2. The fourth-order valence-electron chi connectivity index (χ4n) is 1.95. The number of imide groups is 1. The first-order chi connectivity index (χ1) is 9.38. The zero-order chi connectivity index (χ0) is 14.9. The Morgan fingerprint density at radius 2 is 2.10 bits per heavy atom. The molecule has 2 rings (SSSR count). The van der Waals surface area contributed by atoms with Gasteiger partial charge in [0.05, 0.1) is 11.4 Å². The third kappa shape index (κ3) is 2.71. The van der Waals surface area contributed by atoms with E-state index < -0.39 is 11.9 Å². The number of aryl methyl sites for hydroxylation is 1. The second kappa shape index (κ2) is 5.20. The normalized spacial score (nSPS) is 14.9. The van der Waals surface area contributed by atoms with Crippen LogP contribution in [0, 0.1) is 6.92 Å². The minimum atomic E-state index is -0.470. The standard InChI is InChI=1S/C13H16N4O3/c1-8-3-4-10(9(14)5-8)15-11(18)6-17-12(19)7-16(2)13(17)20/h3-5H,6-7,14H2,1-2H3,(H,15,18). The molecule has 1 aliphatic rings. The van der Waals surface area contributed by atoms with Crippen molar-refractivity contribution < 1.29 is 14.4 Å². The topological polar surface area (TPSA) is 95.7 Å². The number of carbonyl (C=O) groups excluding carboxylic acids is 3. The van der Waals surface area contributed by atoms with Crippen LogP contribution in [0.1, 0.15) is 5.56 Å². The minimum Gasteiger partial charge on any atom is -0.397 e. The molecule has 1 saturated heterocycles. The second-order valence-corrected chi connectivity index (χ2v) is 4.76. The van der Waals surface area contributed by atoms with Gasteiger partial charge in [0.2, 0.25) is 5.91 Å². The number of benzene rings is 1. The Morgan fingerprint density at radius 1 is 1.40 bits per heavy atom. The number of nitrogens with two attached hydrogens (primary N) is 1. The number of nitrogen functional groups attached to an aromatic ring is 1. The summed E-state index contributed by atoms with van der Waals surface area (Å²) < 4.78 is 0. The monoisotopic (exact) mass is 276 g/mol. The number of urea groups is 1. The molecular weight excluding hydrogens is 260 g/mol. The Morgan fingerprint density at radius 3 is 2.65 bits per heavy atom. The van der Waals surface area contributed by atoms with Gasteiger partial charge in [-0.15, -0.1) is 0 Å². The van der Waals surface area contributed by atoms with E-state index in [1.54, 1.807) is 12.1 Å². The molecule has 0 radical (unpaired) electrons. The summed E-state index contributed by atoms with van der Waals surface area (Å²) in [6.07, 6.45) is 0. The van der Waals surface area contributed by atoms with Crippen LogP contribution >= 0.6 is 0 Å². The summed E-state index contributed by atoms with van der Waals surface area (Å²) in [5, 5.41) is 2.59. The van der Waals surface area contributed by atoms with Crippen LogP contribution in [0.4, 0.5) is 16.2 Å². The maximum atomic E-state index is 11.9. The van der Waals surface area contributed by atoms with E-state index in [1.807, 2.05) is 13.0 Å². The summed E-state index contributed by atoms with van der Waals surface area (Å²) in [4.78, 5) is 37.2. The number of carbonyl (C=O) groups is 3. The van der Waals surface area contributed by atoms with Crippen LogP contribution < -0.4 is 11.1 Å². The summed E-state index contributed by atoms with van der Waals surface area (Å²) in [5.41, 5.74) is 7.67. The molecule has 0 saturated carbocycles. The first-order valence-electron chi connectivity index (χ1n) is 6.10. The number of hydrogen-bond donors (Lipinski definition) is 2. The zero-order valence-electron chi connectivity index (χ0n) is 11.3. The van der Waals surface area contributed by atoms with Crippen LogP contribution in [0.3, 0.4) is 0 Å². The molecule has 3 N–H and O–H groups in total. The highest BCUT2D eigenvalue weighted by molar-refractivity contribution is 6.06. The molecule has 0 aromatic heterocycles. The highest BCUT2D eigenvalue weighted by Crippen LogP contribution is 2.19. The molecule has 1 fully saturated rings. The van der Waals surface area contributed by atoms with E-state index in [9.17, 15) is 14.4 Å². The second-order valence-electron chi connectivity index (χ2n) is 4.76. The number of nitrogens with one attached hydrogen (secondary N) is 1. The molecule has 0 aliphatic carbocycles. The molecule has 7 heteroatoms. The van der Waals surface area contributed by atoms with Crippen LogP contribution in [-0.4, -0.2) is 47.8 Å². The number of likely N-dealkylation sites (N-methyl/N-ethyl adjacent to an activating group) is 1. The van der Waals surface area contributed by atoms with E-state index in [4.69, 9.17) is 5.73 Å². The number of hydrogen-bond acceptors (Lipinski definition) is 4. The maximum Gasteiger partial charge on any atom is 0.327 e. The first-order valence-corrected chi connectivity index (χ1v) is 6.10. The van der Waals surface area contributed by atoms with Gasteiger partial charge in [-0.2, -0.15) is 0 Å².